The maximum absolute atomic E-state index is 13.2. The molecule has 0 unspecified atom stereocenters. The van der Waals surface area contributed by atoms with E-state index in [2.05, 4.69) is 5.32 Å². The predicted molar refractivity (Wildman–Crippen MR) is 54.3 cm³/mol. The fourth-order valence-corrected chi connectivity index (χ4v) is 1.29. The Morgan fingerprint density at radius 3 is 2.38 bits per heavy atom. The molecular weight excluding hydrogens is 219 g/mol. The van der Waals surface area contributed by atoms with Crippen LogP contribution in [0.1, 0.15) is 18.9 Å². The number of aliphatic hydroxyl groups excluding tert-OH is 1. The molecule has 16 heavy (non-hydrogen) atoms. The normalized spacial score (nSPS) is 12.8. The Morgan fingerprint density at radius 2 is 1.81 bits per heavy atom. The number of aliphatic hydroxyl groups is 1. The van der Waals surface area contributed by atoms with Crippen LogP contribution in [0.5, 0.6) is 0 Å². The molecule has 0 aliphatic rings. The summed E-state index contributed by atoms with van der Waals surface area (Å²) in [6.45, 7) is 1.83. The van der Waals surface area contributed by atoms with Crippen LogP contribution in [-0.2, 0) is 6.54 Å². The lowest BCUT2D eigenvalue weighted by Gasteiger charge is -2.14. The zero-order valence-electron chi connectivity index (χ0n) is 8.93. The average Bonchev–Trinajstić information content (AvgIpc) is 2.26. The summed E-state index contributed by atoms with van der Waals surface area (Å²) in [7, 11) is 0. The summed E-state index contributed by atoms with van der Waals surface area (Å²) >= 11 is 0. The van der Waals surface area contributed by atoms with Crippen LogP contribution in [0.25, 0.3) is 0 Å². The van der Waals surface area contributed by atoms with Crippen LogP contribution in [0, 0.1) is 17.5 Å². The third-order valence-electron chi connectivity index (χ3n) is 2.38. The molecule has 0 aromatic heterocycles. The first-order chi connectivity index (χ1) is 7.58. The Bertz CT molecular complexity index is 353. The van der Waals surface area contributed by atoms with Crippen LogP contribution in [0.15, 0.2) is 12.1 Å². The van der Waals surface area contributed by atoms with Gasteiger partial charge in [0.05, 0.1) is 6.61 Å². The Labute approximate surface area is 92.1 Å². The first kappa shape index (κ1) is 13.0. The largest absolute Gasteiger partial charge is 0.395 e. The first-order valence-electron chi connectivity index (χ1n) is 5.06. The lowest BCUT2D eigenvalue weighted by atomic mass is 10.1. The highest BCUT2D eigenvalue weighted by Gasteiger charge is 2.11. The van der Waals surface area contributed by atoms with E-state index in [4.69, 9.17) is 5.11 Å². The molecule has 0 saturated carbocycles. The molecule has 0 aliphatic heterocycles. The summed E-state index contributed by atoms with van der Waals surface area (Å²) in [5.41, 5.74) is 0.0470. The fraction of sp³-hybridized carbons (Fsp3) is 0.455. The summed E-state index contributed by atoms with van der Waals surface area (Å²) in [5, 5.41) is 11.7. The fourth-order valence-electron chi connectivity index (χ4n) is 1.29. The van der Waals surface area contributed by atoms with Gasteiger partial charge in [-0.25, -0.2) is 13.2 Å². The van der Waals surface area contributed by atoms with Crippen LogP contribution in [0.3, 0.4) is 0 Å². The molecule has 0 spiro atoms. The molecule has 0 saturated heterocycles. The maximum Gasteiger partial charge on any atom is 0.161 e. The number of rotatable bonds is 5. The summed E-state index contributed by atoms with van der Waals surface area (Å²) in [5.74, 6) is -3.06. The zero-order valence-corrected chi connectivity index (χ0v) is 8.93. The van der Waals surface area contributed by atoms with Crippen molar-refractivity contribution in [2.45, 2.75) is 25.9 Å². The molecule has 1 atom stereocenters. The number of benzene rings is 1. The van der Waals surface area contributed by atoms with E-state index < -0.39 is 17.5 Å². The Balaban J connectivity index is 2.70. The Kier molecular flexibility index (Phi) is 4.76. The molecule has 2 nitrogen and oxygen atoms in total. The number of hydrogen-bond acceptors (Lipinski definition) is 2. The van der Waals surface area contributed by atoms with E-state index in [1.807, 2.05) is 6.92 Å². The van der Waals surface area contributed by atoms with Gasteiger partial charge in [0.25, 0.3) is 0 Å². The van der Waals surface area contributed by atoms with Gasteiger partial charge in [-0.05, 0) is 12.5 Å². The Hall–Kier alpha value is -1.07. The van der Waals surface area contributed by atoms with Crippen LogP contribution in [-0.4, -0.2) is 17.8 Å². The van der Waals surface area contributed by atoms with Crippen molar-refractivity contribution in [3.63, 3.8) is 0 Å². The standard InChI is InChI=1S/C11H14F3NO/c1-2-8(6-16)15-5-7-3-10(13)11(14)4-9(7)12/h3-4,8,15-16H,2,5-6H2,1H3/t8-/m1/s1. The molecule has 2 N–H and O–H groups in total. The van der Waals surface area contributed by atoms with Gasteiger partial charge in [0.2, 0.25) is 0 Å². The SMILES string of the molecule is CC[C@H](CO)NCc1cc(F)c(F)cc1F. The van der Waals surface area contributed by atoms with Crippen molar-refractivity contribution in [1.29, 1.82) is 0 Å². The van der Waals surface area contributed by atoms with Crippen molar-refractivity contribution in [2.24, 2.45) is 0 Å². The topological polar surface area (TPSA) is 32.3 Å². The molecule has 1 rings (SSSR count). The van der Waals surface area contributed by atoms with E-state index >= 15 is 0 Å². The molecule has 0 amide bonds. The monoisotopic (exact) mass is 233 g/mol. The lowest BCUT2D eigenvalue weighted by molar-refractivity contribution is 0.238. The van der Waals surface area contributed by atoms with Gasteiger partial charge in [-0.3, -0.25) is 0 Å². The molecule has 1 aromatic rings. The van der Waals surface area contributed by atoms with E-state index in [0.29, 0.717) is 12.5 Å². The van der Waals surface area contributed by atoms with Crippen molar-refractivity contribution >= 4 is 0 Å². The van der Waals surface area contributed by atoms with Gasteiger partial charge in [-0.2, -0.15) is 0 Å². The van der Waals surface area contributed by atoms with Gasteiger partial charge in [0.1, 0.15) is 5.82 Å². The molecule has 0 heterocycles. The van der Waals surface area contributed by atoms with Crippen molar-refractivity contribution in [3.8, 4) is 0 Å². The summed E-state index contributed by atoms with van der Waals surface area (Å²) in [6.07, 6.45) is 0.668. The van der Waals surface area contributed by atoms with Crippen LogP contribution in [0.4, 0.5) is 13.2 Å². The van der Waals surface area contributed by atoms with E-state index in [9.17, 15) is 13.2 Å². The second-order valence-electron chi connectivity index (χ2n) is 3.53. The highest BCUT2D eigenvalue weighted by Crippen LogP contribution is 2.13. The predicted octanol–water partition coefficient (Wildman–Crippen LogP) is 1.96. The third kappa shape index (κ3) is 3.21. The highest BCUT2D eigenvalue weighted by molar-refractivity contribution is 5.19. The van der Waals surface area contributed by atoms with Gasteiger partial charge in [0, 0.05) is 24.2 Å². The first-order valence-corrected chi connectivity index (χ1v) is 5.06. The van der Waals surface area contributed by atoms with E-state index in [0.717, 1.165) is 6.07 Å². The summed E-state index contributed by atoms with van der Waals surface area (Å²) in [4.78, 5) is 0. The average molecular weight is 233 g/mol. The minimum absolute atomic E-state index is 0.0470. The smallest absolute Gasteiger partial charge is 0.161 e. The Morgan fingerprint density at radius 1 is 1.19 bits per heavy atom. The second-order valence-corrected chi connectivity index (χ2v) is 3.53. The van der Waals surface area contributed by atoms with E-state index in [1.165, 1.54) is 0 Å². The molecule has 0 radical (unpaired) electrons. The van der Waals surface area contributed by atoms with Crippen LogP contribution >= 0.6 is 0 Å². The molecule has 0 aliphatic carbocycles. The lowest BCUT2D eigenvalue weighted by Crippen LogP contribution is -2.31. The van der Waals surface area contributed by atoms with E-state index in [-0.39, 0.29) is 24.8 Å². The van der Waals surface area contributed by atoms with Crippen LogP contribution < -0.4 is 5.32 Å². The van der Waals surface area contributed by atoms with Crippen molar-refractivity contribution in [1.82, 2.24) is 5.32 Å². The zero-order chi connectivity index (χ0) is 12.1. The van der Waals surface area contributed by atoms with Crippen molar-refractivity contribution < 1.29 is 18.3 Å². The number of nitrogens with one attached hydrogen (secondary N) is 1. The van der Waals surface area contributed by atoms with Crippen molar-refractivity contribution in [3.05, 3.63) is 35.1 Å². The number of hydrogen-bond donors (Lipinski definition) is 2. The van der Waals surface area contributed by atoms with Crippen molar-refractivity contribution in [2.75, 3.05) is 6.61 Å². The quantitative estimate of drug-likeness (QED) is 0.762. The number of halogens is 3. The molecule has 0 fully saturated rings. The molecule has 5 heteroatoms. The molecular formula is C11H14F3NO. The van der Waals surface area contributed by atoms with Gasteiger partial charge in [-0.15, -0.1) is 0 Å². The maximum atomic E-state index is 13.2. The minimum Gasteiger partial charge on any atom is -0.395 e. The third-order valence-corrected chi connectivity index (χ3v) is 2.38. The van der Waals surface area contributed by atoms with Gasteiger partial charge >= 0.3 is 0 Å². The second kappa shape index (κ2) is 5.86. The molecule has 1 aromatic carbocycles. The van der Waals surface area contributed by atoms with Gasteiger partial charge < -0.3 is 10.4 Å². The van der Waals surface area contributed by atoms with E-state index in [1.54, 1.807) is 0 Å². The van der Waals surface area contributed by atoms with Crippen LogP contribution in [0.2, 0.25) is 0 Å². The van der Waals surface area contributed by atoms with Gasteiger partial charge in [0.15, 0.2) is 11.6 Å². The highest BCUT2D eigenvalue weighted by atomic mass is 19.2. The summed E-state index contributed by atoms with van der Waals surface area (Å²) < 4.78 is 38.6. The minimum atomic E-state index is -1.20. The molecule has 90 valence electrons. The van der Waals surface area contributed by atoms with Gasteiger partial charge in [-0.1, -0.05) is 6.92 Å². The molecule has 0 bridgehead atoms. The summed E-state index contributed by atoms with van der Waals surface area (Å²) in [6, 6.07) is 1.17.